The maximum absolute atomic E-state index is 12.2. The minimum absolute atomic E-state index is 0.131. The van der Waals surface area contributed by atoms with Crippen LogP contribution in [0.2, 0.25) is 0 Å². The summed E-state index contributed by atoms with van der Waals surface area (Å²) in [6.45, 7) is 0. The van der Waals surface area contributed by atoms with Crippen molar-refractivity contribution in [2.75, 3.05) is 5.32 Å². The molecule has 0 spiro atoms. The van der Waals surface area contributed by atoms with Crippen LogP contribution in [0.4, 0.5) is 5.69 Å². The first-order chi connectivity index (χ1) is 9.63. The van der Waals surface area contributed by atoms with Crippen molar-refractivity contribution in [3.05, 3.63) is 28.7 Å². The summed E-state index contributed by atoms with van der Waals surface area (Å²) in [6.07, 6.45) is 2.08. The molecule has 2 aromatic rings. The summed E-state index contributed by atoms with van der Waals surface area (Å²) >= 11 is 0. The van der Waals surface area contributed by atoms with Crippen LogP contribution in [0.15, 0.2) is 27.4 Å². The Labute approximate surface area is 114 Å². The lowest BCUT2D eigenvalue weighted by molar-refractivity contribution is -0.125. The number of amides is 1. The van der Waals surface area contributed by atoms with Gasteiger partial charge in [0.1, 0.15) is 5.78 Å². The van der Waals surface area contributed by atoms with Gasteiger partial charge in [-0.05, 0) is 25.0 Å². The number of oxazole rings is 1. The number of fused-ring (bicyclic) bond motifs is 1. The Morgan fingerprint density at radius 3 is 2.75 bits per heavy atom. The van der Waals surface area contributed by atoms with Crippen LogP contribution in [0, 0.1) is 5.92 Å². The smallest absolute Gasteiger partial charge is 0.406 e. The largest absolute Gasteiger partial charge is 0.417 e. The molecule has 0 atom stereocenters. The Morgan fingerprint density at radius 2 is 2.00 bits per heavy atom. The van der Waals surface area contributed by atoms with Crippen molar-refractivity contribution < 1.29 is 14.0 Å². The number of ketones is 1. The van der Waals surface area contributed by atoms with Crippen molar-refractivity contribution in [2.45, 2.75) is 25.7 Å². The zero-order valence-electron chi connectivity index (χ0n) is 10.8. The molecule has 1 aromatic heterocycles. The van der Waals surface area contributed by atoms with Gasteiger partial charge in [0.2, 0.25) is 5.91 Å². The maximum Gasteiger partial charge on any atom is 0.417 e. The Bertz CT molecular complexity index is 718. The van der Waals surface area contributed by atoms with Crippen molar-refractivity contribution in [2.24, 2.45) is 5.92 Å². The molecule has 3 rings (SSSR count). The number of Topliss-reactive ketones (excluding diaryl/α,β-unsaturated/α-hetero) is 1. The van der Waals surface area contributed by atoms with E-state index in [1.807, 2.05) is 0 Å². The Hall–Kier alpha value is -2.37. The highest BCUT2D eigenvalue weighted by Crippen LogP contribution is 2.25. The first-order valence-electron chi connectivity index (χ1n) is 6.58. The normalized spacial score (nSPS) is 16.5. The highest BCUT2D eigenvalue weighted by molar-refractivity contribution is 6.00. The van der Waals surface area contributed by atoms with E-state index >= 15 is 0 Å². The molecule has 6 heteroatoms. The molecular formula is C14H14N2O4. The molecular weight excluding hydrogens is 260 g/mol. The molecule has 1 fully saturated rings. The van der Waals surface area contributed by atoms with Gasteiger partial charge in [-0.15, -0.1) is 0 Å². The van der Waals surface area contributed by atoms with E-state index in [4.69, 9.17) is 4.42 Å². The number of aromatic nitrogens is 1. The second-order valence-electron chi connectivity index (χ2n) is 5.00. The van der Waals surface area contributed by atoms with Crippen LogP contribution in [-0.4, -0.2) is 16.7 Å². The fraction of sp³-hybridized carbons (Fsp3) is 0.357. The Morgan fingerprint density at radius 1 is 1.25 bits per heavy atom. The summed E-state index contributed by atoms with van der Waals surface area (Å²) in [5.74, 6) is -0.625. The minimum atomic E-state index is -0.551. The standard InChI is InChI=1S/C14H14N2O4/c17-9-6-4-8(5-7-9)13(18)15-10-2-1-3-11-12(10)20-14(19)16-11/h1-3,8H,4-7H2,(H,15,18)(H,16,19). The molecule has 0 radical (unpaired) electrons. The van der Waals surface area contributed by atoms with Crippen molar-refractivity contribution in [3.8, 4) is 0 Å². The number of rotatable bonds is 2. The Balaban J connectivity index is 1.80. The van der Waals surface area contributed by atoms with Crippen molar-refractivity contribution in [1.29, 1.82) is 0 Å². The first kappa shape index (κ1) is 12.7. The molecule has 1 aliphatic carbocycles. The van der Waals surface area contributed by atoms with E-state index in [0.717, 1.165) is 0 Å². The molecule has 1 heterocycles. The summed E-state index contributed by atoms with van der Waals surface area (Å²) in [6, 6.07) is 5.12. The summed E-state index contributed by atoms with van der Waals surface area (Å²) in [5.41, 5.74) is 1.37. The number of carbonyl (C=O) groups excluding carboxylic acids is 2. The SMILES string of the molecule is O=C1CCC(C(=O)Nc2cccc3[nH]c(=O)oc23)CC1. The zero-order chi connectivity index (χ0) is 14.1. The molecule has 1 amide bonds. The summed E-state index contributed by atoms with van der Waals surface area (Å²) in [4.78, 5) is 37.1. The van der Waals surface area contributed by atoms with Gasteiger partial charge >= 0.3 is 5.76 Å². The topological polar surface area (TPSA) is 92.2 Å². The third kappa shape index (κ3) is 2.36. The molecule has 0 aliphatic heterocycles. The lowest BCUT2D eigenvalue weighted by atomic mass is 9.88. The first-order valence-corrected chi connectivity index (χ1v) is 6.58. The van der Waals surface area contributed by atoms with Crippen LogP contribution < -0.4 is 11.1 Å². The van der Waals surface area contributed by atoms with E-state index in [1.165, 1.54) is 0 Å². The number of anilines is 1. The fourth-order valence-electron chi connectivity index (χ4n) is 2.51. The van der Waals surface area contributed by atoms with Gasteiger partial charge in [0.25, 0.3) is 0 Å². The quantitative estimate of drug-likeness (QED) is 0.873. The van der Waals surface area contributed by atoms with Crippen LogP contribution in [-0.2, 0) is 9.59 Å². The lowest BCUT2D eigenvalue weighted by Crippen LogP contribution is -2.27. The molecule has 6 nitrogen and oxygen atoms in total. The second-order valence-corrected chi connectivity index (χ2v) is 5.00. The van der Waals surface area contributed by atoms with Crippen LogP contribution >= 0.6 is 0 Å². The second kappa shape index (κ2) is 4.96. The lowest BCUT2D eigenvalue weighted by Gasteiger charge is -2.20. The van der Waals surface area contributed by atoms with Crippen molar-refractivity contribution >= 4 is 28.5 Å². The van der Waals surface area contributed by atoms with Gasteiger partial charge in [-0.1, -0.05) is 6.07 Å². The van der Waals surface area contributed by atoms with Gasteiger partial charge in [-0.3, -0.25) is 14.6 Å². The number of nitrogens with one attached hydrogen (secondary N) is 2. The van der Waals surface area contributed by atoms with E-state index in [9.17, 15) is 14.4 Å². The molecule has 20 heavy (non-hydrogen) atoms. The molecule has 104 valence electrons. The predicted octanol–water partition coefficient (Wildman–Crippen LogP) is 1.82. The fourth-order valence-corrected chi connectivity index (χ4v) is 2.51. The van der Waals surface area contributed by atoms with Gasteiger partial charge in [0, 0.05) is 18.8 Å². The molecule has 2 N–H and O–H groups in total. The van der Waals surface area contributed by atoms with Crippen molar-refractivity contribution in [1.82, 2.24) is 4.98 Å². The van der Waals surface area contributed by atoms with Gasteiger partial charge in [0.15, 0.2) is 5.58 Å². The van der Waals surface area contributed by atoms with Gasteiger partial charge < -0.3 is 9.73 Å². The third-order valence-corrected chi connectivity index (χ3v) is 3.62. The van der Waals surface area contributed by atoms with E-state index in [-0.39, 0.29) is 17.6 Å². The molecule has 0 bridgehead atoms. The predicted molar refractivity (Wildman–Crippen MR) is 72.4 cm³/mol. The van der Waals surface area contributed by atoms with E-state index in [1.54, 1.807) is 18.2 Å². The molecule has 1 aliphatic rings. The number of para-hydroxylation sites is 1. The number of hydrogen-bond acceptors (Lipinski definition) is 4. The highest BCUT2D eigenvalue weighted by atomic mass is 16.4. The molecule has 0 saturated heterocycles. The zero-order valence-corrected chi connectivity index (χ0v) is 10.8. The van der Waals surface area contributed by atoms with E-state index in [0.29, 0.717) is 42.5 Å². The third-order valence-electron chi connectivity index (χ3n) is 3.62. The van der Waals surface area contributed by atoms with Crippen molar-refractivity contribution in [3.63, 3.8) is 0 Å². The van der Waals surface area contributed by atoms with Gasteiger partial charge in [-0.25, -0.2) is 4.79 Å². The molecule has 1 aromatic carbocycles. The summed E-state index contributed by atoms with van der Waals surface area (Å²) in [5, 5.41) is 2.78. The monoisotopic (exact) mass is 274 g/mol. The van der Waals surface area contributed by atoms with Crippen LogP contribution in [0.25, 0.3) is 11.1 Å². The molecule has 1 saturated carbocycles. The highest BCUT2D eigenvalue weighted by Gasteiger charge is 2.25. The van der Waals surface area contributed by atoms with Gasteiger partial charge in [-0.2, -0.15) is 0 Å². The number of aromatic amines is 1. The number of carbonyl (C=O) groups is 2. The van der Waals surface area contributed by atoms with Gasteiger partial charge in [0.05, 0.1) is 11.2 Å². The Kier molecular flexibility index (Phi) is 3.14. The minimum Gasteiger partial charge on any atom is -0.406 e. The summed E-state index contributed by atoms with van der Waals surface area (Å²) in [7, 11) is 0. The van der Waals surface area contributed by atoms with Crippen LogP contribution in [0.5, 0.6) is 0 Å². The average Bonchev–Trinajstić information content (AvgIpc) is 2.81. The summed E-state index contributed by atoms with van der Waals surface area (Å²) < 4.78 is 5.02. The maximum atomic E-state index is 12.2. The average molecular weight is 274 g/mol. The number of H-pyrrole nitrogens is 1. The van der Waals surface area contributed by atoms with Crippen LogP contribution in [0.1, 0.15) is 25.7 Å². The van der Waals surface area contributed by atoms with E-state index in [2.05, 4.69) is 10.3 Å². The van der Waals surface area contributed by atoms with Crippen LogP contribution in [0.3, 0.4) is 0 Å². The number of benzene rings is 1. The number of hydrogen-bond donors (Lipinski definition) is 2. The molecule has 0 unspecified atom stereocenters. The van der Waals surface area contributed by atoms with E-state index < -0.39 is 5.76 Å².